The maximum Gasteiger partial charge on any atom is 0.119 e. The highest BCUT2D eigenvalue weighted by Gasteiger charge is 2.57. The van der Waals surface area contributed by atoms with Crippen molar-refractivity contribution in [2.75, 3.05) is 13.7 Å². The molecule has 0 aromatic heterocycles. The predicted molar refractivity (Wildman–Crippen MR) is 58.2 cm³/mol. The predicted octanol–water partition coefficient (Wildman–Crippen LogP) is 1.89. The number of aryl methyl sites for hydroxylation is 1. The Kier molecular flexibility index (Phi) is 1.84. The molecule has 1 N–H and O–H groups in total. The van der Waals surface area contributed by atoms with Gasteiger partial charge in [-0.1, -0.05) is 6.07 Å². The van der Waals surface area contributed by atoms with E-state index in [1.54, 1.807) is 7.11 Å². The molecule has 2 unspecified atom stereocenters. The van der Waals surface area contributed by atoms with Crippen molar-refractivity contribution in [1.29, 1.82) is 0 Å². The SMILES string of the molecule is COc1ccc2c(c1)C1(CC2)CC1CO. The molecular weight excluding hydrogens is 188 g/mol. The lowest BCUT2D eigenvalue weighted by Gasteiger charge is -2.11. The second-order valence-electron chi connectivity index (χ2n) is 4.76. The number of aliphatic hydroxyl groups is 1. The van der Waals surface area contributed by atoms with Gasteiger partial charge >= 0.3 is 0 Å². The Morgan fingerprint density at radius 2 is 2.40 bits per heavy atom. The van der Waals surface area contributed by atoms with Crippen molar-refractivity contribution in [2.24, 2.45) is 5.92 Å². The van der Waals surface area contributed by atoms with Crippen LogP contribution in [0.2, 0.25) is 0 Å². The van der Waals surface area contributed by atoms with Crippen molar-refractivity contribution in [3.63, 3.8) is 0 Å². The lowest BCUT2D eigenvalue weighted by Crippen LogP contribution is -2.07. The van der Waals surface area contributed by atoms with E-state index in [1.807, 2.05) is 6.07 Å². The molecule has 0 radical (unpaired) electrons. The fourth-order valence-electron chi connectivity index (χ4n) is 3.11. The normalized spacial score (nSPS) is 31.7. The number of hydrogen-bond donors (Lipinski definition) is 1. The zero-order valence-electron chi connectivity index (χ0n) is 8.99. The zero-order valence-corrected chi connectivity index (χ0v) is 8.99. The van der Waals surface area contributed by atoms with Crippen molar-refractivity contribution in [3.8, 4) is 5.75 Å². The topological polar surface area (TPSA) is 29.5 Å². The minimum Gasteiger partial charge on any atom is -0.497 e. The van der Waals surface area contributed by atoms with E-state index in [1.165, 1.54) is 17.5 Å². The van der Waals surface area contributed by atoms with Crippen LogP contribution < -0.4 is 4.74 Å². The van der Waals surface area contributed by atoms with Gasteiger partial charge in [0.15, 0.2) is 0 Å². The summed E-state index contributed by atoms with van der Waals surface area (Å²) >= 11 is 0. The van der Waals surface area contributed by atoms with Crippen LogP contribution in [0.5, 0.6) is 5.75 Å². The highest BCUT2D eigenvalue weighted by atomic mass is 16.5. The van der Waals surface area contributed by atoms with E-state index in [0.29, 0.717) is 17.9 Å². The minimum absolute atomic E-state index is 0.304. The zero-order chi connectivity index (χ0) is 10.5. The second-order valence-corrected chi connectivity index (χ2v) is 4.76. The summed E-state index contributed by atoms with van der Waals surface area (Å²) in [6.45, 7) is 0.330. The van der Waals surface area contributed by atoms with Gasteiger partial charge in [-0.25, -0.2) is 0 Å². The lowest BCUT2D eigenvalue weighted by atomic mass is 9.95. The first kappa shape index (κ1) is 9.22. The molecule has 2 aliphatic rings. The van der Waals surface area contributed by atoms with Gasteiger partial charge in [0.05, 0.1) is 7.11 Å². The molecule has 0 amide bonds. The first-order chi connectivity index (χ1) is 7.30. The summed E-state index contributed by atoms with van der Waals surface area (Å²) in [6.07, 6.45) is 3.53. The molecule has 0 saturated heterocycles. The Morgan fingerprint density at radius 1 is 1.53 bits per heavy atom. The summed E-state index contributed by atoms with van der Waals surface area (Å²) < 4.78 is 5.27. The molecule has 1 spiro atoms. The van der Waals surface area contributed by atoms with Gasteiger partial charge in [0.25, 0.3) is 0 Å². The number of ether oxygens (including phenoxy) is 1. The molecule has 1 fully saturated rings. The molecular formula is C13H16O2. The van der Waals surface area contributed by atoms with Crippen LogP contribution in [-0.4, -0.2) is 18.8 Å². The summed E-state index contributed by atoms with van der Waals surface area (Å²) in [6, 6.07) is 6.38. The molecule has 2 heteroatoms. The highest BCUT2D eigenvalue weighted by molar-refractivity contribution is 5.48. The highest BCUT2D eigenvalue weighted by Crippen LogP contribution is 2.61. The van der Waals surface area contributed by atoms with Crippen molar-refractivity contribution >= 4 is 0 Å². The number of fused-ring (bicyclic) bond motifs is 2. The quantitative estimate of drug-likeness (QED) is 0.797. The molecule has 15 heavy (non-hydrogen) atoms. The number of hydrogen-bond acceptors (Lipinski definition) is 2. The molecule has 0 heterocycles. The van der Waals surface area contributed by atoms with Crippen LogP contribution >= 0.6 is 0 Å². The third kappa shape index (κ3) is 1.14. The van der Waals surface area contributed by atoms with Gasteiger partial charge in [-0.15, -0.1) is 0 Å². The number of aliphatic hydroxyl groups excluding tert-OH is 1. The van der Waals surface area contributed by atoms with Gasteiger partial charge in [0.1, 0.15) is 5.75 Å². The third-order valence-electron chi connectivity index (χ3n) is 4.15. The van der Waals surface area contributed by atoms with Gasteiger partial charge in [0, 0.05) is 12.0 Å². The minimum atomic E-state index is 0.304. The summed E-state index contributed by atoms with van der Waals surface area (Å²) in [5.74, 6) is 1.43. The van der Waals surface area contributed by atoms with E-state index in [2.05, 4.69) is 12.1 Å². The van der Waals surface area contributed by atoms with Crippen molar-refractivity contribution < 1.29 is 9.84 Å². The number of methoxy groups -OCH3 is 1. The van der Waals surface area contributed by atoms with Crippen LogP contribution in [0.25, 0.3) is 0 Å². The van der Waals surface area contributed by atoms with E-state index in [-0.39, 0.29) is 0 Å². The van der Waals surface area contributed by atoms with Crippen LogP contribution in [0.1, 0.15) is 24.0 Å². The van der Waals surface area contributed by atoms with Gasteiger partial charge in [-0.3, -0.25) is 0 Å². The monoisotopic (exact) mass is 204 g/mol. The van der Waals surface area contributed by atoms with E-state index >= 15 is 0 Å². The van der Waals surface area contributed by atoms with Crippen molar-refractivity contribution in [1.82, 2.24) is 0 Å². The molecule has 1 aromatic rings. The molecule has 1 aromatic carbocycles. The fourth-order valence-corrected chi connectivity index (χ4v) is 3.11. The Labute approximate surface area is 89.9 Å². The third-order valence-corrected chi connectivity index (χ3v) is 4.15. The molecule has 80 valence electrons. The lowest BCUT2D eigenvalue weighted by molar-refractivity contribution is 0.263. The van der Waals surface area contributed by atoms with Crippen LogP contribution in [0.3, 0.4) is 0 Å². The summed E-state index contributed by atoms with van der Waals surface area (Å²) in [5.41, 5.74) is 3.19. The maximum absolute atomic E-state index is 9.25. The number of benzene rings is 1. The molecule has 2 nitrogen and oxygen atoms in total. The van der Waals surface area contributed by atoms with Crippen LogP contribution in [0.4, 0.5) is 0 Å². The first-order valence-corrected chi connectivity index (χ1v) is 5.58. The molecule has 1 saturated carbocycles. The molecule has 0 aliphatic heterocycles. The van der Waals surface area contributed by atoms with E-state index in [4.69, 9.17) is 4.74 Å². The van der Waals surface area contributed by atoms with Gasteiger partial charge in [0.2, 0.25) is 0 Å². The Hall–Kier alpha value is -1.02. The Morgan fingerprint density at radius 3 is 3.07 bits per heavy atom. The average Bonchev–Trinajstić information content (AvgIpc) is 2.89. The number of rotatable bonds is 2. The largest absolute Gasteiger partial charge is 0.497 e. The molecule has 0 bridgehead atoms. The van der Waals surface area contributed by atoms with Gasteiger partial charge in [-0.2, -0.15) is 0 Å². The van der Waals surface area contributed by atoms with E-state index < -0.39 is 0 Å². The standard InChI is InChI=1S/C13H16O2/c1-15-11-3-2-9-4-5-13(12(9)6-11)7-10(13)8-14/h2-3,6,10,14H,4-5,7-8H2,1H3. The maximum atomic E-state index is 9.25. The average molecular weight is 204 g/mol. The van der Waals surface area contributed by atoms with Gasteiger partial charge < -0.3 is 9.84 Å². The molecule has 2 aliphatic carbocycles. The molecule has 2 atom stereocenters. The van der Waals surface area contributed by atoms with E-state index in [9.17, 15) is 5.11 Å². The Bertz CT molecular complexity index is 400. The second kappa shape index (κ2) is 2.99. The Balaban J connectivity index is 2.02. The summed E-state index contributed by atoms with van der Waals surface area (Å²) in [5, 5.41) is 9.25. The van der Waals surface area contributed by atoms with Gasteiger partial charge in [-0.05, 0) is 48.4 Å². The fraction of sp³-hybridized carbons (Fsp3) is 0.538. The van der Waals surface area contributed by atoms with Crippen molar-refractivity contribution in [3.05, 3.63) is 29.3 Å². The summed E-state index contributed by atoms with van der Waals surface area (Å²) in [7, 11) is 1.71. The van der Waals surface area contributed by atoms with Crippen LogP contribution in [0.15, 0.2) is 18.2 Å². The van der Waals surface area contributed by atoms with Crippen molar-refractivity contribution in [2.45, 2.75) is 24.7 Å². The van der Waals surface area contributed by atoms with E-state index in [0.717, 1.165) is 18.6 Å². The van der Waals surface area contributed by atoms with Crippen LogP contribution in [-0.2, 0) is 11.8 Å². The van der Waals surface area contributed by atoms with Crippen LogP contribution in [0, 0.1) is 5.92 Å². The summed E-state index contributed by atoms with van der Waals surface area (Å²) in [4.78, 5) is 0. The first-order valence-electron chi connectivity index (χ1n) is 5.58. The smallest absolute Gasteiger partial charge is 0.119 e. The molecule has 3 rings (SSSR count).